The molecule has 4 rings (SSSR count). The molecule has 6 nitrogen and oxygen atoms in total. The Bertz CT molecular complexity index is 1050. The molecule has 6 heteroatoms. The minimum absolute atomic E-state index is 0.0945. The lowest BCUT2D eigenvalue weighted by atomic mass is 10.0. The summed E-state index contributed by atoms with van der Waals surface area (Å²) in [5.41, 5.74) is 1.42. The molecule has 0 saturated heterocycles. The molecule has 0 aliphatic carbocycles. The van der Waals surface area contributed by atoms with Crippen LogP contribution >= 0.6 is 0 Å². The zero-order chi connectivity index (χ0) is 17.9. The maximum atomic E-state index is 12.9. The zero-order valence-electron chi connectivity index (χ0n) is 14.2. The van der Waals surface area contributed by atoms with Crippen molar-refractivity contribution < 1.29 is 9.32 Å². The van der Waals surface area contributed by atoms with Crippen LogP contribution in [0.3, 0.4) is 0 Å². The van der Waals surface area contributed by atoms with Crippen molar-refractivity contribution in [2.75, 3.05) is 7.05 Å². The second-order valence-corrected chi connectivity index (χ2v) is 5.94. The van der Waals surface area contributed by atoms with Gasteiger partial charge in [0.05, 0.1) is 6.54 Å². The van der Waals surface area contributed by atoms with E-state index < -0.39 is 0 Å². The van der Waals surface area contributed by atoms with Gasteiger partial charge in [0.1, 0.15) is 0 Å². The molecule has 0 aliphatic rings. The van der Waals surface area contributed by atoms with E-state index >= 15 is 0 Å². The minimum atomic E-state index is -0.0945. The van der Waals surface area contributed by atoms with Crippen LogP contribution in [0.2, 0.25) is 0 Å². The standard InChI is InChI=1S/C20H16N4O2/c1-24(13-18-22-19(23-26-18)15-8-5-11-21-12-15)20(25)17-10-4-7-14-6-2-3-9-16(14)17/h2-12H,13H2,1H3. The summed E-state index contributed by atoms with van der Waals surface area (Å²) in [5, 5.41) is 5.91. The van der Waals surface area contributed by atoms with Gasteiger partial charge in [-0.05, 0) is 29.0 Å². The number of carbonyl (C=O) groups excluding carboxylic acids is 1. The van der Waals surface area contributed by atoms with Crippen LogP contribution in [0.1, 0.15) is 16.2 Å². The van der Waals surface area contributed by atoms with Gasteiger partial charge in [-0.1, -0.05) is 41.6 Å². The number of pyridine rings is 1. The lowest BCUT2D eigenvalue weighted by Crippen LogP contribution is -2.26. The lowest BCUT2D eigenvalue weighted by molar-refractivity contribution is 0.0771. The number of amides is 1. The summed E-state index contributed by atoms with van der Waals surface area (Å²) >= 11 is 0. The predicted octanol–water partition coefficient (Wildman–Crippen LogP) is 3.56. The molecule has 1 amide bonds. The normalized spacial score (nSPS) is 10.8. The molecule has 26 heavy (non-hydrogen) atoms. The van der Waals surface area contributed by atoms with Crippen LogP contribution in [0.5, 0.6) is 0 Å². The Balaban J connectivity index is 1.56. The SMILES string of the molecule is CN(Cc1nc(-c2cccnc2)no1)C(=O)c1cccc2ccccc12. The van der Waals surface area contributed by atoms with Gasteiger partial charge in [0.15, 0.2) is 0 Å². The van der Waals surface area contributed by atoms with E-state index in [0.717, 1.165) is 16.3 Å². The zero-order valence-corrected chi connectivity index (χ0v) is 14.2. The molecule has 2 aromatic heterocycles. The van der Waals surface area contributed by atoms with Crippen LogP contribution in [0.15, 0.2) is 71.5 Å². The Morgan fingerprint density at radius 2 is 1.92 bits per heavy atom. The van der Waals surface area contributed by atoms with E-state index in [0.29, 0.717) is 17.3 Å². The van der Waals surface area contributed by atoms with Crippen molar-refractivity contribution in [3.05, 3.63) is 78.4 Å². The van der Waals surface area contributed by atoms with Crippen molar-refractivity contribution in [2.45, 2.75) is 6.54 Å². The van der Waals surface area contributed by atoms with E-state index in [1.807, 2.05) is 54.6 Å². The van der Waals surface area contributed by atoms with Gasteiger partial charge >= 0.3 is 0 Å². The Kier molecular flexibility index (Phi) is 4.15. The molecule has 128 valence electrons. The summed E-state index contributed by atoms with van der Waals surface area (Å²) in [4.78, 5) is 22.8. The molecule has 0 radical (unpaired) electrons. The summed E-state index contributed by atoms with van der Waals surface area (Å²) in [7, 11) is 1.72. The summed E-state index contributed by atoms with van der Waals surface area (Å²) in [6.07, 6.45) is 3.35. The third-order valence-corrected chi connectivity index (χ3v) is 4.13. The molecule has 0 spiro atoms. The molecule has 0 atom stereocenters. The van der Waals surface area contributed by atoms with E-state index in [2.05, 4.69) is 15.1 Å². The van der Waals surface area contributed by atoms with Crippen molar-refractivity contribution in [2.24, 2.45) is 0 Å². The maximum absolute atomic E-state index is 12.9. The Morgan fingerprint density at radius 1 is 1.08 bits per heavy atom. The fraction of sp³-hybridized carbons (Fsp3) is 0.100. The van der Waals surface area contributed by atoms with Crippen LogP contribution in [0.4, 0.5) is 0 Å². The molecular formula is C20H16N4O2. The average Bonchev–Trinajstić information content (AvgIpc) is 3.16. The van der Waals surface area contributed by atoms with Crippen molar-refractivity contribution >= 4 is 16.7 Å². The first-order chi connectivity index (χ1) is 12.7. The molecule has 2 heterocycles. The molecule has 0 aliphatic heterocycles. The molecule has 4 aromatic rings. The summed E-state index contributed by atoms with van der Waals surface area (Å²) in [5.74, 6) is 0.738. The maximum Gasteiger partial charge on any atom is 0.254 e. The quantitative estimate of drug-likeness (QED) is 0.566. The molecule has 0 N–H and O–H groups in total. The van der Waals surface area contributed by atoms with Crippen molar-refractivity contribution in [1.29, 1.82) is 0 Å². The van der Waals surface area contributed by atoms with Crippen LogP contribution in [0, 0.1) is 0 Å². The van der Waals surface area contributed by atoms with E-state index in [1.54, 1.807) is 24.3 Å². The number of hydrogen-bond acceptors (Lipinski definition) is 5. The minimum Gasteiger partial charge on any atom is -0.337 e. The van der Waals surface area contributed by atoms with Crippen molar-refractivity contribution in [3.8, 4) is 11.4 Å². The number of carbonyl (C=O) groups is 1. The number of benzene rings is 2. The fourth-order valence-electron chi connectivity index (χ4n) is 2.82. The Hall–Kier alpha value is -3.54. The number of rotatable bonds is 4. The van der Waals surface area contributed by atoms with Gasteiger partial charge < -0.3 is 9.42 Å². The Labute approximate surface area is 150 Å². The number of nitrogens with zero attached hydrogens (tertiary/aromatic N) is 4. The highest BCUT2D eigenvalue weighted by Gasteiger charge is 2.18. The first-order valence-electron chi connectivity index (χ1n) is 8.18. The predicted molar refractivity (Wildman–Crippen MR) is 97.3 cm³/mol. The Morgan fingerprint density at radius 3 is 2.77 bits per heavy atom. The van der Waals surface area contributed by atoms with Gasteiger partial charge in [-0.2, -0.15) is 4.98 Å². The highest BCUT2D eigenvalue weighted by atomic mass is 16.5. The largest absolute Gasteiger partial charge is 0.337 e. The van der Waals surface area contributed by atoms with Gasteiger partial charge in [0, 0.05) is 30.6 Å². The monoisotopic (exact) mass is 344 g/mol. The van der Waals surface area contributed by atoms with Gasteiger partial charge in [-0.3, -0.25) is 9.78 Å². The van der Waals surface area contributed by atoms with E-state index in [9.17, 15) is 4.79 Å². The van der Waals surface area contributed by atoms with E-state index in [4.69, 9.17) is 4.52 Å². The third-order valence-electron chi connectivity index (χ3n) is 4.13. The molecule has 2 aromatic carbocycles. The van der Waals surface area contributed by atoms with Gasteiger partial charge in [-0.15, -0.1) is 0 Å². The highest BCUT2D eigenvalue weighted by molar-refractivity contribution is 6.06. The second-order valence-electron chi connectivity index (χ2n) is 5.94. The lowest BCUT2D eigenvalue weighted by Gasteiger charge is -2.16. The van der Waals surface area contributed by atoms with Crippen LogP contribution in [0.25, 0.3) is 22.2 Å². The topological polar surface area (TPSA) is 72.1 Å². The fourth-order valence-corrected chi connectivity index (χ4v) is 2.82. The first kappa shape index (κ1) is 16.0. The van der Waals surface area contributed by atoms with Gasteiger partial charge in [0.2, 0.25) is 11.7 Å². The molecule has 0 unspecified atom stereocenters. The average molecular weight is 344 g/mol. The molecular weight excluding hydrogens is 328 g/mol. The van der Waals surface area contributed by atoms with E-state index in [-0.39, 0.29) is 12.5 Å². The second kappa shape index (κ2) is 6.76. The number of fused-ring (bicyclic) bond motifs is 1. The van der Waals surface area contributed by atoms with Crippen LogP contribution < -0.4 is 0 Å². The van der Waals surface area contributed by atoms with E-state index in [1.165, 1.54) is 0 Å². The third kappa shape index (κ3) is 3.04. The van der Waals surface area contributed by atoms with Crippen LogP contribution in [-0.4, -0.2) is 33.0 Å². The van der Waals surface area contributed by atoms with Crippen molar-refractivity contribution in [3.63, 3.8) is 0 Å². The van der Waals surface area contributed by atoms with Crippen molar-refractivity contribution in [1.82, 2.24) is 20.0 Å². The molecule has 0 saturated carbocycles. The number of aromatic nitrogens is 3. The summed E-state index contributed by atoms with van der Waals surface area (Å²) < 4.78 is 5.28. The smallest absolute Gasteiger partial charge is 0.254 e. The van der Waals surface area contributed by atoms with Gasteiger partial charge in [-0.25, -0.2) is 0 Å². The van der Waals surface area contributed by atoms with Crippen LogP contribution in [-0.2, 0) is 6.54 Å². The first-order valence-corrected chi connectivity index (χ1v) is 8.18. The molecule has 0 fully saturated rings. The highest BCUT2D eigenvalue weighted by Crippen LogP contribution is 2.20. The summed E-state index contributed by atoms with van der Waals surface area (Å²) in [6.45, 7) is 0.231. The molecule has 0 bridgehead atoms. The number of hydrogen-bond donors (Lipinski definition) is 0. The van der Waals surface area contributed by atoms with Gasteiger partial charge in [0.25, 0.3) is 5.91 Å². The summed E-state index contributed by atoms with van der Waals surface area (Å²) in [6, 6.07) is 17.2.